The van der Waals surface area contributed by atoms with Crippen molar-refractivity contribution in [3.63, 3.8) is 0 Å². The van der Waals surface area contributed by atoms with Crippen LogP contribution in [0.2, 0.25) is 0 Å². The van der Waals surface area contributed by atoms with Crippen molar-refractivity contribution in [1.29, 1.82) is 0 Å². The molecule has 7 heteroatoms. The first-order chi connectivity index (χ1) is 13.2. The van der Waals surface area contributed by atoms with E-state index in [4.69, 9.17) is 4.74 Å². The predicted molar refractivity (Wildman–Crippen MR) is 107 cm³/mol. The highest BCUT2D eigenvalue weighted by Crippen LogP contribution is 2.37. The molecule has 0 bridgehead atoms. The summed E-state index contributed by atoms with van der Waals surface area (Å²) in [6.07, 6.45) is 1.66. The van der Waals surface area contributed by atoms with Crippen LogP contribution in [-0.2, 0) is 14.8 Å². The summed E-state index contributed by atoms with van der Waals surface area (Å²) >= 11 is 1.37. The lowest BCUT2D eigenvalue weighted by atomic mass is 9.92. The molecule has 4 rings (SSSR count). The van der Waals surface area contributed by atoms with Crippen LogP contribution in [0.5, 0.6) is 0 Å². The highest BCUT2D eigenvalue weighted by Gasteiger charge is 2.32. The maximum Gasteiger partial charge on any atom is 0.270 e. The highest BCUT2D eigenvalue weighted by atomic mass is 32.2. The van der Waals surface area contributed by atoms with Crippen molar-refractivity contribution >= 4 is 32.9 Å². The van der Waals surface area contributed by atoms with Gasteiger partial charge in [-0.25, -0.2) is 17.7 Å². The minimum atomic E-state index is -3.82. The van der Waals surface area contributed by atoms with E-state index in [1.165, 1.54) is 15.6 Å². The van der Waals surface area contributed by atoms with Crippen LogP contribution in [0.1, 0.15) is 24.3 Å². The Hall–Kier alpha value is -2.22. The van der Waals surface area contributed by atoms with Gasteiger partial charge in [0.2, 0.25) is 0 Å². The Kier molecular flexibility index (Phi) is 5.24. The molecule has 0 saturated carbocycles. The van der Waals surface area contributed by atoms with E-state index in [0.29, 0.717) is 29.6 Å². The Morgan fingerprint density at radius 3 is 2.41 bits per heavy atom. The molecule has 1 fully saturated rings. The molecule has 1 saturated heterocycles. The van der Waals surface area contributed by atoms with Crippen molar-refractivity contribution in [1.82, 2.24) is 4.98 Å². The fourth-order valence-corrected chi connectivity index (χ4v) is 5.73. The SMILES string of the molecule is O=S(=O)(c1ccccc1C1CCOCC1)N(c1ccccc1)c1cscn1. The molecule has 0 atom stereocenters. The summed E-state index contributed by atoms with van der Waals surface area (Å²) in [5.41, 5.74) is 3.08. The number of anilines is 2. The number of thiazole rings is 1. The number of aromatic nitrogens is 1. The summed E-state index contributed by atoms with van der Waals surface area (Å²) in [6.45, 7) is 1.32. The molecule has 0 N–H and O–H groups in total. The van der Waals surface area contributed by atoms with Gasteiger partial charge in [0.05, 0.1) is 16.1 Å². The third-order valence-electron chi connectivity index (χ3n) is 4.72. The van der Waals surface area contributed by atoms with Crippen molar-refractivity contribution in [2.45, 2.75) is 23.7 Å². The number of sulfonamides is 1. The van der Waals surface area contributed by atoms with E-state index in [9.17, 15) is 8.42 Å². The molecular formula is C20H20N2O3S2. The third-order valence-corrected chi connectivity index (χ3v) is 7.10. The van der Waals surface area contributed by atoms with Crippen LogP contribution in [0.4, 0.5) is 11.5 Å². The fraction of sp³-hybridized carbons (Fsp3) is 0.250. The molecule has 1 aliphatic heterocycles. The second kappa shape index (κ2) is 7.80. The van der Waals surface area contributed by atoms with Gasteiger partial charge in [-0.1, -0.05) is 36.4 Å². The second-order valence-corrected chi connectivity index (χ2v) is 8.85. The summed E-state index contributed by atoms with van der Waals surface area (Å²) in [6, 6.07) is 16.4. The first-order valence-corrected chi connectivity index (χ1v) is 11.2. The Morgan fingerprint density at radius 1 is 1.00 bits per heavy atom. The van der Waals surface area contributed by atoms with Crippen molar-refractivity contribution in [2.24, 2.45) is 0 Å². The van der Waals surface area contributed by atoms with E-state index in [2.05, 4.69) is 4.98 Å². The largest absolute Gasteiger partial charge is 0.381 e. The van der Waals surface area contributed by atoms with Gasteiger partial charge in [-0.2, -0.15) is 0 Å². The van der Waals surface area contributed by atoms with Crippen LogP contribution in [-0.4, -0.2) is 26.6 Å². The molecule has 1 aliphatic rings. The first kappa shape index (κ1) is 18.2. The number of ether oxygens (including phenoxy) is 1. The van der Waals surface area contributed by atoms with E-state index in [1.54, 1.807) is 35.2 Å². The van der Waals surface area contributed by atoms with Crippen molar-refractivity contribution in [3.05, 3.63) is 71.1 Å². The maximum atomic E-state index is 13.8. The molecule has 0 unspecified atom stereocenters. The molecule has 3 aromatic rings. The molecule has 5 nitrogen and oxygen atoms in total. The molecule has 0 aliphatic carbocycles. The average Bonchev–Trinajstić information content (AvgIpc) is 3.23. The zero-order chi connectivity index (χ0) is 18.7. The van der Waals surface area contributed by atoms with Gasteiger partial charge in [0.15, 0.2) is 5.82 Å². The Morgan fingerprint density at radius 2 is 1.70 bits per heavy atom. The Balaban J connectivity index is 1.84. The number of nitrogens with zero attached hydrogens (tertiary/aromatic N) is 2. The number of hydrogen-bond acceptors (Lipinski definition) is 5. The molecule has 140 valence electrons. The lowest BCUT2D eigenvalue weighted by Gasteiger charge is -2.27. The summed E-state index contributed by atoms with van der Waals surface area (Å²) in [5, 5.41) is 1.75. The van der Waals surface area contributed by atoms with Gasteiger partial charge >= 0.3 is 0 Å². The van der Waals surface area contributed by atoms with Crippen LogP contribution in [0.25, 0.3) is 0 Å². The number of rotatable bonds is 5. The molecule has 0 amide bonds. The standard InChI is InChI=1S/C20H20N2O3S2/c23-27(24,19-9-5-4-8-18(19)16-10-12-25-13-11-16)22(20-14-26-15-21-20)17-6-2-1-3-7-17/h1-9,14-16H,10-13H2. The van der Waals surface area contributed by atoms with Gasteiger partial charge in [0, 0.05) is 18.6 Å². The van der Waals surface area contributed by atoms with Gasteiger partial charge in [-0.05, 0) is 42.5 Å². The second-order valence-electron chi connectivity index (χ2n) is 6.38. The number of benzene rings is 2. The molecular weight excluding hydrogens is 380 g/mol. The Labute approximate surface area is 163 Å². The van der Waals surface area contributed by atoms with Crippen molar-refractivity contribution in [3.8, 4) is 0 Å². The normalized spacial score (nSPS) is 15.6. The van der Waals surface area contributed by atoms with Gasteiger partial charge < -0.3 is 4.74 Å². The van der Waals surface area contributed by atoms with Crippen LogP contribution in [0.15, 0.2) is 70.4 Å². The highest BCUT2D eigenvalue weighted by molar-refractivity contribution is 7.93. The van der Waals surface area contributed by atoms with E-state index in [1.807, 2.05) is 30.3 Å². The van der Waals surface area contributed by atoms with Crippen molar-refractivity contribution in [2.75, 3.05) is 17.5 Å². The predicted octanol–water partition coefficient (Wildman–Crippen LogP) is 4.56. The van der Waals surface area contributed by atoms with Crippen LogP contribution >= 0.6 is 11.3 Å². The minimum absolute atomic E-state index is 0.179. The van der Waals surface area contributed by atoms with E-state index < -0.39 is 10.0 Å². The molecule has 2 heterocycles. The topological polar surface area (TPSA) is 59.5 Å². The van der Waals surface area contributed by atoms with Gasteiger partial charge in [0.1, 0.15) is 0 Å². The van der Waals surface area contributed by atoms with E-state index in [-0.39, 0.29) is 5.92 Å². The fourth-order valence-electron chi connectivity index (χ4n) is 3.42. The number of para-hydroxylation sites is 1. The van der Waals surface area contributed by atoms with Gasteiger partial charge in [-0.15, -0.1) is 11.3 Å². The molecule has 0 radical (unpaired) electrons. The summed E-state index contributed by atoms with van der Waals surface area (Å²) in [5.74, 6) is 0.589. The van der Waals surface area contributed by atoms with Crippen LogP contribution < -0.4 is 4.31 Å². The molecule has 27 heavy (non-hydrogen) atoms. The quantitative estimate of drug-likeness (QED) is 0.630. The summed E-state index contributed by atoms with van der Waals surface area (Å²) in [4.78, 5) is 4.61. The van der Waals surface area contributed by atoms with Crippen LogP contribution in [0.3, 0.4) is 0 Å². The first-order valence-electron chi connectivity index (χ1n) is 8.83. The zero-order valence-electron chi connectivity index (χ0n) is 14.7. The summed E-state index contributed by atoms with van der Waals surface area (Å²) < 4.78 is 34.3. The lowest BCUT2D eigenvalue weighted by Crippen LogP contribution is -2.28. The van der Waals surface area contributed by atoms with Crippen LogP contribution in [0, 0.1) is 0 Å². The van der Waals surface area contributed by atoms with Gasteiger partial charge in [-0.3, -0.25) is 0 Å². The molecule has 2 aromatic carbocycles. The average molecular weight is 401 g/mol. The minimum Gasteiger partial charge on any atom is -0.381 e. The molecule has 0 spiro atoms. The Bertz CT molecular complexity index is 983. The van der Waals surface area contributed by atoms with E-state index >= 15 is 0 Å². The zero-order valence-corrected chi connectivity index (χ0v) is 16.3. The van der Waals surface area contributed by atoms with E-state index in [0.717, 1.165) is 18.4 Å². The molecule has 1 aromatic heterocycles. The smallest absolute Gasteiger partial charge is 0.270 e. The maximum absolute atomic E-state index is 13.8. The number of hydrogen-bond donors (Lipinski definition) is 0. The lowest BCUT2D eigenvalue weighted by molar-refractivity contribution is 0.0848. The van der Waals surface area contributed by atoms with Crippen molar-refractivity contribution < 1.29 is 13.2 Å². The third kappa shape index (κ3) is 3.63. The summed E-state index contributed by atoms with van der Waals surface area (Å²) in [7, 11) is -3.82. The monoisotopic (exact) mass is 400 g/mol. The van der Waals surface area contributed by atoms with Gasteiger partial charge in [0.25, 0.3) is 10.0 Å².